The van der Waals surface area contributed by atoms with Gasteiger partial charge in [-0.3, -0.25) is 9.59 Å². The molecule has 0 aromatic rings. The molecule has 2 amide bonds. The van der Waals surface area contributed by atoms with Crippen LogP contribution in [0, 0.1) is 0 Å². The lowest BCUT2D eigenvalue weighted by Gasteiger charge is -2.22. The number of rotatable bonds is 2. The van der Waals surface area contributed by atoms with Crippen molar-refractivity contribution >= 4 is 11.8 Å². The quantitative estimate of drug-likeness (QED) is 0.560. The number of nitrogens with one attached hydrogen (secondary N) is 1. The van der Waals surface area contributed by atoms with Crippen LogP contribution < -0.4 is 11.1 Å². The molecule has 3 N–H and O–H groups in total. The summed E-state index contributed by atoms with van der Waals surface area (Å²) >= 11 is 0. The molecular formula is C8H15N3O2. The van der Waals surface area contributed by atoms with Crippen LogP contribution in [0.2, 0.25) is 0 Å². The number of likely N-dealkylation sites (tertiary alicyclic amines) is 1. The second-order valence-electron chi connectivity index (χ2n) is 3.06. The van der Waals surface area contributed by atoms with E-state index in [0.29, 0.717) is 6.54 Å². The summed E-state index contributed by atoms with van der Waals surface area (Å²) < 4.78 is 0. The molecule has 0 aromatic carbocycles. The number of carbonyl (C=O) groups is 2. The first-order valence-electron chi connectivity index (χ1n) is 4.42. The van der Waals surface area contributed by atoms with E-state index in [-0.39, 0.29) is 24.4 Å². The van der Waals surface area contributed by atoms with E-state index >= 15 is 0 Å². The van der Waals surface area contributed by atoms with Crippen LogP contribution in [0.15, 0.2) is 0 Å². The fourth-order valence-electron chi connectivity index (χ4n) is 1.62. The van der Waals surface area contributed by atoms with Gasteiger partial charge in [-0.05, 0) is 12.8 Å². The molecule has 5 heteroatoms. The van der Waals surface area contributed by atoms with Crippen LogP contribution in [0.4, 0.5) is 0 Å². The third kappa shape index (κ3) is 1.98. The van der Waals surface area contributed by atoms with Crippen LogP contribution in [0.5, 0.6) is 0 Å². The van der Waals surface area contributed by atoms with E-state index in [1.807, 2.05) is 0 Å². The Labute approximate surface area is 77.3 Å². The third-order valence-electron chi connectivity index (χ3n) is 2.30. The van der Waals surface area contributed by atoms with Crippen LogP contribution in [0.3, 0.4) is 0 Å². The maximum atomic E-state index is 11.3. The average molecular weight is 185 g/mol. The molecule has 0 radical (unpaired) electrons. The summed E-state index contributed by atoms with van der Waals surface area (Å²) in [4.78, 5) is 24.1. The van der Waals surface area contributed by atoms with E-state index in [9.17, 15) is 9.59 Å². The molecule has 5 nitrogen and oxygen atoms in total. The summed E-state index contributed by atoms with van der Waals surface area (Å²) in [6, 6.07) is -0.305. The number of amides is 2. The highest BCUT2D eigenvalue weighted by Crippen LogP contribution is 2.16. The Hall–Kier alpha value is -1.10. The van der Waals surface area contributed by atoms with E-state index in [1.54, 1.807) is 11.9 Å². The molecular weight excluding hydrogens is 170 g/mol. The monoisotopic (exact) mass is 185 g/mol. The highest BCUT2D eigenvalue weighted by Gasteiger charge is 2.32. The molecule has 1 aliphatic heterocycles. The Bertz CT molecular complexity index is 195. The van der Waals surface area contributed by atoms with Crippen molar-refractivity contribution in [1.29, 1.82) is 0 Å². The molecule has 0 unspecified atom stereocenters. The number of likely N-dealkylation sites (N-methyl/N-ethyl adjacent to an activating group) is 1. The molecule has 0 aromatic heterocycles. The lowest BCUT2D eigenvalue weighted by atomic mass is 10.2. The van der Waals surface area contributed by atoms with Gasteiger partial charge in [-0.1, -0.05) is 0 Å². The van der Waals surface area contributed by atoms with Crippen molar-refractivity contribution < 1.29 is 9.59 Å². The average Bonchev–Trinajstić information content (AvgIpc) is 2.63. The highest BCUT2D eigenvalue weighted by atomic mass is 16.2. The van der Waals surface area contributed by atoms with Crippen LogP contribution >= 0.6 is 0 Å². The largest absolute Gasteiger partial charge is 0.357 e. The van der Waals surface area contributed by atoms with Gasteiger partial charge in [0.2, 0.25) is 11.8 Å². The van der Waals surface area contributed by atoms with E-state index < -0.39 is 0 Å². The van der Waals surface area contributed by atoms with Gasteiger partial charge in [-0.25, -0.2) is 0 Å². The Morgan fingerprint density at radius 3 is 2.85 bits per heavy atom. The summed E-state index contributed by atoms with van der Waals surface area (Å²) in [5.74, 6) is -0.245. The van der Waals surface area contributed by atoms with Crippen LogP contribution in [0.25, 0.3) is 0 Å². The van der Waals surface area contributed by atoms with Gasteiger partial charge in [-0.15, -0.1) is 0 Å². The maximum Gasteiger partial charge on any atom is 0.242 e. The van der Waals surface area contributed by atoms with Crippen LogP contribution in [-0.4, -0.2) is 42.9 Å². The van der Waals surface area contributed by atoms with Gasteiger partial charge in [0, 0.05) is 13.6 Å². The molecule has 74 valence electrons. The van der Waals surface area contributed by atoms with Gasteiger partial charge in [-0.2, -0.15) is 0 Å². The topological polar surface area (TPSA) is 75.4 Å². The molecule has 1 fully saturated rings. The van der Waals surface area contributed by atoms with Crippen LogP contribution in [0.1, 0.15) is 12.8 Å². The van der Waals surface area contributed by atoms with Crippen molar-refractivity contribution in [2.45, 2.75) is 18.9 Å². The van der Waals surface area contributed by atoms with Crippen molar-refractivity contribution in [3.63, 3.8) is 0 Å². The van der Waals surface area contributed by atoms with Crippen LogP contribution in [-0.2, 0) is 9.59 Å². The fourth-order valence-corrected chi connectivity index (χ4v) is 1.62. The number of hydrogen-bond acceptors (Lipinski definition) is 3. The van der Waals surface area contributed by atoms with Crippen molar-refractivity contribution in [1.82, 2.24) is 10.2 Å². The predicted octanol–water partition coefficient (Wildman–Crippen LogP) is -1.32. The second kappa shape index (κ2) is 4.23. The van der Waals surface area contributed by atoms with Gasteiger partial charge < -0.3 is 16.0 Å². The smallest absolute Gasteiger partial charge is 0.242 e. The van der Waals surface area contributed by atoms with Crippen molar-refractivity contribution in [3.8, 4) is 0 Å². The number of nitrogens with two attached hydrogens (primary N) is 1. The second-order valence-corrected chi connectivity index (χ2v) is 3.06. The lowest BCUT2D eigenvalue weighted by Crippen LogP contribution is -2.46. The molecule has 1 aliphatic rings. The van der Waals surface area contributed by atoms with Crippen molar-refractivity contribution in [2.24, 2.45) is 5.73 Å². The van der Waals surface area contributed by atoms with Gasteiger partial charge in [0.05, 0.1) is 6.54 Å². The first-order chi connectivity index (χ1) is 6.20. The van der Waals surface area contributed by atoms with Gasteiger partial charge in [0.15, 0.2) is 0 Å². The van der Waals surface area contributed by atoms with Crippen molar-refractivity contribution in [3.05, 3.63) is 0 Å². The minimum absolute atomic E-state index is 0.0203. The first kappa shape index (κ1) is 9.98. The number of nitrogens with zero attached hydrogens (tertiary/aromatic N) is 1. The molecule has 1 heterocycles. The molecule has 1 atom stereocenters. The van der Waals surface area contributed by atoms with Crippen molar-refractivity contribution in [2.75, 3.05) is 20.1 Å². The van der Waals surface area contributed by atoms with E-state index in [4.69, 9.17) is 5.73 Å². The zero-order chi connectivity index (χ0) is 9.84. The molecule has 13 heavy (non-hydrogen) atoms. The Kier molecular flexibility index (Phi) is 3.25. The summed E-state index contributed by atoms with van der Waals surface area (Å²) in [7, 11) is 1.58. The minimum atomic E-state index is -0.305. The standard InChI is InChI=1S/C8H15N3O2/c1-10-8(13)6-3-2-4-11(6)7(12)5-9/h6H,2-5,9H2,1H3,(H,10,13)/t6-/m1/s1. The Morgan fingerprint density at radius 2 is 2.31 bits per heavy atom. The molecule has 0 aliphatic carbocycles. The first-order valence-corrected chi connectivity index (χ1v) is 4.42. The number of hydrogen-bond donors (Lipinski definition) is 2. The molecule has 0 spiro atoms. The Balaban J connectivity index is 2.63. The number of carbonyl (C=O) groups excluding carboxylic acids is 2. The molecule has 1 rings (SSSR count). The summed E-state index contributed by atoms with van der Waals surface area (Å²) in [5.41, 5.74) is 5.23. The Morgan fingerprint density at radius 1 is 1.62 bits per heavy atom. The van der Waals surface area contributed by atoms with Gasteiger partial charge in [0.1, 0.15) is 6.04 Å². The summed E-state index contributed by atoms with van der Waals surface area (Å²) in [5, 5.41) is 2.54. The normalized spacial score (nSPS) is 21.7. The summed E-state index contributed by atoms with van der Waals surface area (Å²) in [6.45, 7) is 0.627. The van der Waals surface area contributed by atoms with E-state index in [2.05, 4.69) is 5.32 Å². The van der Waals surface area contributed by atoms with Gasteiger partial charge in [0.25, 0.3) is 0 Å². The molecule has 0 bridgehead atoms. The van der Waals surface area contributed by atoms with E-state index in [0.717, 1.165) is 12.8 Å². The molecule has 0 saturated carbocycles. The minimum Gasteiger partial charge on any atom is -0.357 e. The third-order valence-corrected chi connectivity index (χ3v) is 2.30. The van der Waals surface area contributed by atoms with Gasteiger partial charge >= 0.3 is 0 Å². The zero-order valence-corrected chi connectivity index (χ0v) is 7.75. The highest BCUT2D eigenvalue weighted by molar-refractivity contribution is 5.88. The summed E-state index contributed by atoms with van der Waals surface area (Å²) in [6.07, 6.45) is 1.62. The lowest BCUT2D eigenvalue weighted by molar-refractivity contribution is -0.137. The SMILES string of the molecule is CNC(=O)[C@H]1CCCN1C(=O)CN. The fraction of sp³-hybridized carbons (Fsp3) is 0.750. The zero-order valence-electron chi connectivity index (χ0n) is 7.75. The molecule has 1 saturated heterocycles. The predicted molar refractivity (Wildman–Crippen MR) is 47.9 cm³/mol. The maximum absolute atomic E-state index is 11.3. The van der Waals surface area contributed by atoms with E-state index in [1.165, 1.54) is 0 Å².